The van der Waals surface area contributed by atoms with Crippen molar-refractivity contribution in [1.82, 2.24) is 9.55 Å². The van der Waals surface area contributed by atoms with Crippen LogP contribution < -0.4 is 5.43 Å². The number of rotatable bonds is 5. The molecule has 0 aliphatic carbocycles. The highest BCUT2D eigenvalue weighted by Crippen LogP contribution is 2.12. The summed E-state index contributed by atoms with van der Waals surface area (Å²) < 4.78 is 1.97. The van der Waals surface area contributed by atoms with Gasteiger partial charge in [0.1, 0.15) is 0 Å². The van der Waals surface area contributed by atoms with E-state index < -0.39 is 0 Å². The van der Waals surface area contributed by atoms with Crippen molar-refractivity contribution in [2.75, 3.05) is 5.43 Å². The Morgan fingerprint density at radius 3 is 2.55 bits per heavy atom. The van der Waals surface area contributed by atoms with Gasteiger partial charge in [0.2, 0.25) is 0 Å². The van der Waals surface area contributed by atoms with E-state index in [4.69, 9.17) is 11.6 Å². The maximum Gasteiger partial charge on any atom is 0.0949 e. The third kappa shape index (κ3) is 3.74. The largest absolute Gasteiger partial charge is 0.331 e. The third-order valence-corrected chi connectivity index (χ3v) is 3.41. The predicted octanol–water partition coefficient (Wildman–Crippen LogP) is 4.05. The summed E-state index contributed by atoms with van der Waals surface area (Å²) in [6.07, 6.45) is 5.44. The predicted molar refractivity (Wildman–Crippen MR) is 90.3 cm³/mol. The Morgan fingerprint density at radius 2 is 1.86 bits per heavy atom. The monoisotopic (exact) mass is 310 g/mol. The number of hydrogen-bond acceptors (Lipinski definition) is 3. The van der Waals surface area contributed by atoms with Gasteiger partial charge in [0.05, 0.1) is 24.3 Å². The summed E-state index contributed by atoms with van der Waals surface area (Å²) in [5.74, 6) is 0. The van der Waals surface area contributed by atoms with Gasteiger partial charge >= 0.3 is 0 Å². The average molecular weight is 311 g/mol. The van der Waals surface area contributed by atoms with Crippen molar-refractivity contribution in [3.8, 4) is 0 Å². The smallest absolute Gasteiger partial charge is 0.0949 e. The van der Waals surface area contributed by atoms with Crippen LogP contribution in [0, 0.1) is 0 Å². The Labute approximate surface area is 134 Å². The molecule has 0 bridgehead atoms. The molecule has 110 valence electrons. The summed E-state index contributed by atoms with van der Waals surface area (Å²) >= 11 is 5.96. The topological polar surface area (TPSA) is 42.2 Å². The lowest BCUT2D eigenvalue weighted by Crippen LogP contribution is -2.12. The van der Waals surface area contributed by atoms with Crippen LogP contribution in [0.5, 0.6) is 0 Å². The number of hydrogen-bond donors (Lipinski definition) is 1. The minimum Gasteiger partial charge on any atom is -0.331 e. The highest BCUT2D eigenvalue weighted by molar-refractivity contribution is 6.30. The molecule has 0 amide bonds. The number of anilines is 1. The fourth-order valence-corrected chi connectivity index (χ4v) is 2.16. The molecule has 2 aromatic carbocycles. The molecule has 3 rings (SSSR count). The fourth-order valence-electron chi connectivity index (χ4n) is 2.03. The Bertz CT molecular complexity index is 734. The van der Waals surface area contributed by atoms with Gasteiger partial charge in [0.25, 0.3) is 0 Å². The second-order valence-electron chi connectivity index (χ2n) is 4.78. The molecule has 3 aromatic rings. The Kier molecular flexibility index (Phi) is 4.51. The summed E-state index contributed by atoms with van der Waals surface area (Å²) in [6, 6.07) is 17.5. The van der Waals surface area contributed by atoms with Gasteiger partial charge in [-0.25, -0.2) is 4.98 Å². The van der Waals surface area contributed by atoms with Gasteiger partial charge in [0, 0.05) is 17.4 Å². The van der Waals surface area contributed by atoms with Crippen LogP contribution in [0.2, 0.25) is 5.02 Å². The van der Waals surface area contributed by atoms with E-state index >= 15 is 0 Å². The summed E-state index contributed by atoms with van der Waals surface area (Å²) in [6.45, 7) is 0.626. The van der Waals surface area contributed by atoms with Crippen LogP contribution in [0.15, 0.2) is 78.4 Å². The van der Waals surface area contributed by atoms with Crippen LogP contribution >= 0.6 is 11.6 Å². The lowest BCUT2D eigenvalue weighted by molar-refractivity contribution is 0.848. The lowest BCUT2D eigenvalue weighted by Gasteiger charge is -2.09. The number of benzene rings is 2. The first-order chi connectivity index (χ1) is 10.8. The van der Waals surface area contributed by atoms with Crippen molar-refractivity contribution in [1.29, 1.82) is 0 Å². The summed E-state index contributed by atoms with van der Waals surface area (Å²) in [7, 11) is 0. The molecular formula is C17H15ClN4. The zero-order valence-electron chi connectivity index (χ0n) is 11.9. The van der Waals surface area contributed by atoms with Crippen LogP contribution in [-0.4, -0.2) is 15.3 Å². The number of nitrogens with one attached hydrogen (secondary N) is 1. The number of imidazole rings is 1. The van der Waals surface area contributed by atoms with Crippen molar-refractivity contribution < 1.29 is 0 Å². The number of aromatic nitrogens is 2. The molecule has 0 unspecified atom stereocenters. The van der Waals surface area contributed by atoms with E-state index in [-0.39, 0.29) is 0 Å². The highest BCUT2D eigenvalue weighted by atomic mass is 35.5. The average Bonchev–Trinajstić information content (AvgIpc) is 3.06. The number of hydrazone groups is 1. The van der Waals surface area contributed by atoms with Crippen LogP contribution in [0.25, 0.3) is 0 Å². The van der Waals surface area contributed by atoms with Crippen molar-refractivity contribution in [3.05, 3.63) is 83.9 Å². The van der Waals surface area contributed by atoms with Gasteiger partial charge in [-0.15, -0.1) is 0 Å². The summed E-state index contributed by atoms with van der Waals surface area (Å²) in [4.78, 5) is 4.07. The first-order valence-electron chi connectivity index (χ1n) is 6.90. The van der Waals surface area contributed by atoms with Crippen LogP contribution in [0.4, 0.5) is 5.69 Å². The van der Waals surface area contributed by atoms with E-state index in [1.807, 2.05) is 65.4 Å². The van der Waals surface area contributed by atoms with E-state index in [1.165, 1.54) is 0 Å². The molecule has 0 saturated heterocycles. The van der Waals surface area contributed by atoms with E-state index in [0.717, 1.165) is 17.0 Å². The van der Waals surface area contributed by atoms with Crippen LogP contribution in [0.3, 0.4) is 0 Å². The van der Waals surface area contributed by atoms with Crippen molar-refractivity contribution in [3.63, 3.8) is 0 Å². The Morgan fingerprint density at radius 1 is 1.09 bits per heavy atom. The SMILES string of the molecule is Clc1ccc(/C(Cn2ccnc2)=N/Nc2ccccc2)cc1. The molecular weight excluding hydrogens is 296 g/mol. The molecule has 1 heterocycles. The molecule has 5 heteroatoms. The summed E-state index contributed by atoms with van der Waals surface area (Å²) in [5, 5.41) is 5.25. The number of nitrogens with zero attached hydrogens (tertiary/aromatic N) is 3. The molecule has 1 N–H and O–H groups in total. The first-order valence-corrected chi connectivity index (χ1v) is 7.28. The molecule has 0 radical (unpaired) electrons. The quantitative estimate of drug-likeness (QED) is 0.570. The molecule has 0 fully saturated rings. The van der Waals surface area contributed by atoms with E-state index in [2.05, 4.69) is 15.5 Å². The Balaban J connectivity index is 1.86. The summed E-state index contributed by atoms with van der Waals surface area (Å²) in [5.41, 5.74) is 5.95. The maximum atomic E-state index is 5.96. The third-order valence-electron chi connectivity index (χ3n) is 3.16. The minimum atomic E-state index is 0.626. The standard InChI is InChI=1S/C17H15ClN4/c18-15-8-6-14(7-9-15)17(12-22-11-10-19-13-22)21-20-16-4-2-1-3-5-16/h1-11,13,20H,12H2/b21-17+. The van der Waals surface area contributed by atoms with Gasteiger partial charge in [-0.1, -0.05) is 41.9 Å². The fraction of sp³-hybridized carbons (Fsp3) is 0.0588. The zero-order chi connectivity index (χ0) is 15.2. The van der Waals surface area contributed by atoms with Crippen molar-refractivity contribution in [2.24, 2.45) is 5.10 Å². The van der Waals surface area contributed by atoms with Crippen LogP contribution in [0.1, 0.15) is 5.56 Å². The lowest BCUT2D eigenvalue weighted by atomic mass is 10.1. The van der Waals surface area contributed by atoms with E-state index in [9.17, 15) is 0 Å². The maximum absolute atomic E-state index is 5.96. The van der Waals surface area contributed by atoms with Gasteiger partial charge in [0.15, 0.2) is 0 Å². The van der Waals surface area contributed by atoms with E-state index in [1.54, 1.807) is 12.5 Å². The second-order valence-corrected chi connectivity index (χ2v) is 5.21. The molecule has 4 nitrogen and oxygen atoms in total. The molecule has 0 aliphatic rings. The van der Waals surface area contributed by atoms with Crippen LogP contribution in [-0.2, 0) is 6.54 Å². The minimum absolute atomic E-state index is 0.626. The van der Waals surface area contributed by atoms with Gasteiger partial charge in [-0.3, -0.25) is 5.43 Å². The molecule has 1 aromatic heterocycles. The van der Waals surface area contributed by atoms with Gasteiger partial charge < -0.3 is 4.57 Å². The second kappa shape index (κ2) is 6.91. The van der Waals surface area contributed by atoms with Crippen molar-refractivity contribution >= 4 is 23.0 Å². The zero-order valence-corrected chi connectivity index (χ0v) is 12.6. The van der Waals surface area contributed by atoms with Gasteiger partial charge in [-0.2, -0.15) is 5.10 Å². The Hall–Kier alpha value is -2.59. The number of halogens is 1. The van der Waals surface area contributed by atoms with E-state index in [0.29, 0.717) is 11.6 Å². The van der Waals surface area contributed by atoms with Crippen molar-refractivity contribution in [2.45, 2.75) is 6.54 Å². The molecule has 0 spiro atoms. The molecule has 0 atom stereocenters. The highest BCUT2D eigenvalue weighted by Gasteiger charge is 2.05. The molecule has 0 saturated carbocycles. The molecule has 22 heavy (non-hydrogen) atoms. The number of para-hydroxylation sites is 1. The van der Waals surface area contributed by atoms with Gasteiger partial charge in [-0.05, 0) is 29.8 Å². The normalized spacial score (nSPS) is 11.4. The first kappa shape index (κ1) is 14.4. The molecule has 0 aliphatic heterocycles.